The minimum absolute atomic E-state index is 0.0594. The molecule has 0 radical (unpaired) electrons. The standard InChI is InChI=1S/C23H22FNO5/c1-28-20-6-2-4-16-12-19(23(27)30-21(16)20)22(26)25(14-18-5-3-11-29-18)13-15-7-9-17(24)10-8-15/h2,4,6-10,12,18H,3,5,11,13-14H2,1H3/t18-/m1/s1. The van der Waals surface area contributed by atoms with Crippen LogP contribution in [0.25, 0.3) is 11.0 Å². The van der Waals surface area contributed by atoms with Crippen molar-refractivity contribution >= 4 is 16.9 Å². The van der Waals surface area contributed by atoms with Crippen molar-refractivity contribution in [2.45, 2.75) is 25.5 Å². The van der Waals surface area contributed by atoms with E-state index in [-0.39, 0.29) is 24.0 Å². The molecular formula is C23H22FNO5. The Bertz CT molecular complexity index is 1100. The van der Waals surface area contributed by atoms with Crippen LogP contribution in [0.1, 0.15) is 28.8 Å². The molecule has 1 amide bonds. The average molecular weight is 411 g/mol. The van der Waals surface area contributed by atoms with Crippen LogP contribution in [0.5, 0.6) is 5.75 Å². The van der Waals surface area contributed by atoms with Gasteiger partial charge in [-0.2, -0.15) is 0 Å². The van der Waals surface area contributed by atoms with Crippen LogP contribution in [-0.4, -0.2) is 37.2 Å². The number of hydrogen-bond donors (Lipinski definition) is 0. The molecule has 30 heavy (non-hydrogen) atoms. The Morgan fingerprint density at radius 2 is 2.03 bits per heavy atom. The minimum Gasteiger partial charge on any atom is -0.493 e. The lowest BCUT2D eigenvalue weighted by atomic mass is 10.1. The Morgan fingerprint density at radius 1 is 1.23 bits per heavy atom. The Hall–Kier alpha value is -3.19. The van der Waals surface area contributed by atoms with Crippen molar-refractivity contribution in [3.8, 4) is 5.75 Å². The third-order valence-electron chi connectivity index (χ3n) is 5.20. The number of para-hydroxylation sites is 1. The molecule has 1 saturated heterocycles. The van der Waals surface area contributed by atoms with Crippen LogP contribution in [0.4, 0.5) is 4.39 Å². The molecule has 0 spiro atoms. The van der Waals surface area contributed by atoms with E-state index >= 15 is 0 Å². The number of fused-ring (bicyclic) bond motifs is 1. The second-order valence-electron chi connectivity index (χ2n) is 7.27. The van der Waals surface area contributed by atoms with Gasteiger partial charge in [0.1, 0.15) is 11.4 Å². The number of hydrogen-bond acceptors (Lipinski definition) is 5. The third-order valence-corrected chi connectivity index (χ3v) is 5.20. The van der Waals surface area contributed by atoms with Gasteiger partial charge >= 0.3 is 5.63 Å². The summed E-state index contributed by atoms with van der Waals surface area (Å²) in [6, 6.07) is 12.7. The molecule has 1 aliphatic heterocycles. The molecule has 0 bridgehead atoms. The van der Waals surface area contributed by atoms with E-state index in [1.165, 1.54) is 25.3 Å². The third kappa shape index (κ3) is 4.21. The molecular weight excluding hydrogens is 389 g/mol. The van der Waals surface area contributed by atoms with Crippen molar-refractivity contribution in [2.75, 3.05) is 20.3 Å². The summed E-state index contributed by atoms with van der Waals surface area (Å²) >= 11 is 0. The predicted octanol–water partition coefficient (Wildman–Crippen LogP) is 3.76. The van der Waals surface area contributed by atoms with Gasteiger partial charge in [-0.15, -0.1) is 0 Å². The highest BCUT2D eigenvalue weighted by Crippen LogP contribution is 2.25. The highest BCUT2D eigenvalue weighted by molar-refractivity contribution is 5.97. The van der Waals surface area contributed by atoms with Crippen molar-refractivity contribution in [1.82, 2.24) is 4.90 Å². The molecule has 2 heterocycles. The first-order chi connectivity index (χ1) is 14.5. The van der Waals surface area contributed by atoms with E-state index in [0.717, 1.165) is 18.4 Å². The van der Waals surface area contributed by atoms with Crippen LogP contribution in [0.2, 0.25) is 0 Å². The van der Waals surface area contributed by atoms with Crippen molar-refractivity contribution in [1.29, 1.82) is 0 Å². The Kier molecular flexibility index (Phi) is 5.81. The maximum absolute atomic E-state index is 13.3. The first-order valence-corrected chi connectivity index (χ1v) is 9.81. The lowest BCUT2D eigenvalue weighted by Crippen LogP contribution is -2.38. The SMILES string of the molecule is COc1cccc2cc(C(=O)N(Cc3ccc(F)cc3)C[C@H]3CCCO3)c(=O)oc12. The van der Waals surface area contributed by atoms with Crippen LogP contribution < -0.4 is 10.4 Å². The molecule has 0 aliphatic carbocycles. The second-order valence-corrected chi connectivity index (χ2v) is 7.27. The predicted molar refractivity (Wildman–Crippen MR) is 109 cm³/mol. The molecule has 1 aromatic heterocycles. The fraction of sp³-hybridized carbons (Fsp3) is 0.304. The Morgan fingerprint density at radius 3 is 2.73 bits per heavy atom. The zero-order chi connectivity index (χ0) is 21.1. The summed E-state index contributed by atoms with van der Waals surface area (Å²) in [5, 5.41) is 0.594. The summed E-state index contributed by atoms with van der Waals surface area (Å²) in [6.45, 7) is 1.22. The molecule has 1 atom stereocenters. The van der Waals surface area contributed by atoms with E-state index in [9.17, 15) is 14.0 Å². The average Bonchev–Trinajstić information content (AvgIpc) is 3.26. The van der Waals surface area contributed by atoms with Gasteiger partial charge in [0.15, 0.2) is 11.3 Å². The number of methoxy groups -OCH3 is 1. The number of benzene rings is 2. The summed E-state index contributed by atoms with van der Waals surface area (Å²) < 4.78 is 29.6. The molecule has 156 valence electrons. The summed E-state index contributed by atoms with van der Waals surface area (Å²) in [5.41, 5.74) is 0.268. The topological polar surface area (TPSA) is 69.0 Å². The Labute approximate surface area is 172 Å². The van der Waals surface area contributed by atoms with E-state index in [1.807, 2.05) is 0 Å². The van der Waals surface area contributed by atoms with Crippen LogP contribution in [-0.2, 0) is 11.3 Å². The summed E-state index contributed by atoms with van der Waals surface area (Å²) in [7, 11) is 1.49. The van der Waals surface area contributed by atoms with Crippen molar-refractivity contribution < 1.29 is 23.1 Å². The molecule has 0 N–H and O–H groups in total. The highest BCUT2D eigenvalue weighted by atomic mass is 19.1. The number of nitrogens with zero attached hydrogens (tertiary/aromatic N) is 1. The molecule has 7 heteroatoms. The maximum atomic E-state index is 13.3. The fourth-order valence-electron chi connectivity index (χ4n) is 3.66. The molecule has 1 aliphatic rings. The summed E-state index contributed by atoms with van der Waals surface area (Å²) in [5.74, 6) is -0.376. The van der Waals surface area contributed by atoms with E-state index in [1.54, 1.807) is 35.2 Å². The fourth-order valence-corrected chi connectivity index (χ4v) is 3.66. The monoisotopic (exact) mass is 411 g/mol. The first kappa shape index (κ1) is 20.1. The number of amides is 1. The zero-order valence-corrected chi connectivity index (χ0v) is 16.6. The number of halogens is 1. The molecule has 6 nitrogen and oxygen atoms in total. The van der Waals surface area contributed by atoms with Gasteiger partial charge in [0.2, 0.25) is 0 Å². The van der Waals surface area contributed by atoms with E-state index < -0.39 is 11.5 Å². The van der Waals surface area contributed by atoms with Gasteiger partial charge in [0.05, 0.1) is 13.2 Å². The number of rotatable bonds is 6. The van der Waals surface area contributed by atoms with Gasteiger partial charge in [-0.1, -0.05) is 24.3 Å². The molecule has 4 rings (SSSR count). The Balaban J connectivity index is 1.68. The van der Waals surface area contributed by atoms with Crippen molar-refractivity contribution in [2.24, 2.45) is 0 Å². The summed E-state index contributed by atoms with van der Waals surface area (Å²) in [4.78, 5) is 27.5. The normalized spacial score (nSPS) is 16.0. The van der Waals surface area contributed by atoms with Gasteiger partial charge in [-0.3, -0.25) is 4.79 Å². The lowest BCUT2D eigenvalue weighted by Gasteiger charge is -2.25. The molecule has 0 saturated carbocycles. The maximum Gasteiger partial charge on any atom is 0.349 e. The van der Waals surface area contributed by atoms with Crippen LogP contribution in [0.3, 0.4) is 0 Å². The highest BCUT2D eigenvalue weighted by Gasteiger charge is 2.26. The molecule has 0 unspecified atom stereocenters. The first-order valence-electron chi connectivity index (χ1n) is 9.81. The van der Waals surface area contributed by atoms with Crippen LogP contribution in [0, 0.1) is 5.82 Å². The molecule has 3 aromatic rings. The van der Waals surface area contributed by atoms with Gasteiger partial charge in [-0.25, -0.2) is 9.18 Å². The molecule has 2 aromatic carbocycles. The number of carbonyl (C=O) groups is 1. The van der Waals surface area contributed by atoms with Crippen LogP contribution >= 0.6 is 0 Å². The smallest absolute Gasteiger partial charge is 0.349 e. The van der Waals surface area contributed by atoms with Gasteiger partial charge in [0, 0.05) is 25.1 Å². The zero-order valence-electron chi connectivity index (χ0n) is 16.6. The van der Waals surface area contributed by atoms with E-state index in [4.69, 9.17) is 13.9 Å². The van der Waals surface area contributed by atoms with Gasteiger partial charge < -0.3 is 18.8 Å². The molecule has 1 fully saturated rings. The van der Waals surface area contributed by atoms with Crippen molar-refractivity contribution in [3.63, 3.8) is 0 Å². The van der Waals surface area contributed by atoms with Gasteiger partial charge in [-0.05, 0) is 42.7 Å². The lowest BCUT2D eigenvalue weighted by molar-refractivity contribution is 0.0504. The van der Waals surface area contributed by atoms with E-state index in [2.05, 4.69) is 0 Å². The van der Waals surface area contributed by atoms with Crippen LogP contribution in [0.15, 0.2) is 57.7 Å². The van der Waals surface area contributed by atoms with E-state index in [0.29, 0.717) is 29.9 Å². The number of ether oxygens (including phenoxy) is 2. The van der Waals surface area contributed by atoms with Crippen molar-refractivity contribution in [3.05, 3.63) is 75.9 Å². The second kappa shape index (κ2) is 8.67. The summed E-state index contributed by atoms with van der Waals surface area (Å²) in [6.07, 6.45) is 1.68. The van der Waals surface area contributed by atoms with Gasteiger partial charge in [0.25, 0.3) is 5.91 Å². The quantitative estimate of drug-likeness (QED) is 0.578. The number of carbonyl (C=O) groups excluding carboxylic acids is 1. The largest absolute Gasteiger partial charge is 0.493 e. The minimum atomic E-state index is -0.728.